The van der Waals surface area contributed by atoms with Gasteiger partial charge in [-0.1, -0.05) is 35.9 Å². The van der Waals surface area contributed by atoms with Crippen LogP contribution < -0.4 is 10.2 Å². The van der Waals surface area contributed by atoms with Crippen LogP contribution in [0.4, 0.5) is 5.69 Å². The number of benzene rings is 2. The van der Waals surface area contributed by atoms with Crippen LogP contribution in [0.5, 0.6) is 0 Å². The first-order valence-corrected chi connectivity index (χ1v) is 14.3. The molecule has 0 bridgehead atoms. The number of rotatable bonds is 7. The highest BCUT2D eigenvalue weighted by Crippen LogP contribution is 2.40. The highest BCUT2D eigenvalue weighted by molar-refractivity contribution is 7.89. The van der Waals surface area contributed by atoms with Crippen molar-refractivity contribution in [3.05, 3.63) is 60.2 Å². The first-order chi connectivity index (χ1) is 17.8. The fourth-order valence-corrected chi connectivity index (χ4v) is 6.98. The molecule has 1 N–H and O–H groups in total. The lowest BCUT2D eigenvalue weighted by Gasteiger charge is -2.42. The van der Waals surface area contributed by atoms with Crippen molar-refractivity contribution in [2.75, 3.05) is 44.4 Å². The van der Waals surface area contributed by atoms with E-state index in [1.165, 1.54) is 4.31 Å². The van der Waals surface area contributed by atoms with Crippen molar-refractivity contribution in [1.82, 2.24) is 14.5 Å². The molecule has 9 nitrogen and oxygen atoms in total. The summed E-state index contributed by atoms with van der Waals surface area (Å²) < 4.78 is 33.6. The monoisotopic (exact) mass is 526 g/mol. The number of hydrogen-bond acceptors (Lipinski definition) is 6. The topological polar surface area (TPSA) is 99.3 Å². The van der Waals surface area contributed by atoms with Gasteiger partial charge in [-0.3, -0.25) is 9.59 Å². The van der Waals surface area contributed by atoms with Gasteiger partial charge in [0.15, 0.2) is 0 Å². The Hall–Kier alpha value is -2.95. The Kier molecular flexibility index (Phi) is 7.24. The molecule has 37 heavy (non-hydrogen) atoms. The number of carbonyl (C=O) groups is 2. The summed E-state index contributed by atoms with van der Waals surface area (Å²) in [5.74, 6) is -0.343. The lowest BCUT2D eigenvalue weighted by Crippen LogP contribution is -2.57. The summed E-state index contributed by atoms with van der Waals surface area (Å²) in [4.78, 5) is 30.4. The zero-order valence-corrected chi connectivity index (χ0v) is 22.0. The summed E-state index contributed by atoms with van der Waals surface area (Å²) in [7, 11) is -3.66. The van der Waals surface area contributed by atoms with Gasteiger partial charge in [0.25, 0.3) is 0 Å². The average molecular weight is 527 g/mol. The molecule has 198 valence electrons. The molecular weight excluding hydrogens is 492 g/mol. The summed E-state index contributed by atoms with van der Waals surface area (Å²) >= 11 is 0. The number of hydrogen-bond donors (Lipinski definition) is 1. The third-order valence-corrected chi connectivity index (χ3v) is 9.59. The van der Waals surface area contributed by atoms with E-state index in [-0.39, 0.29) is 49.1 Å². The van der Waals surface area contributed by atoms with Gasteiger partial charge >= 0.3 is 0 Å². The van der Waals surface area contributed by atoms with E-state index in [1.54, 1.807) is 29.2 Å². The van der Waals surface area contributed by atoms with Crippen LogP contribution in [0.3, 0.4) is 0 Å². The number of nitrogens with zero attached hydrogens (tertiary/aromatic N) is 3. The number of nitrogens with one attached hydrogen (secondary N) is 1. The average Bonchev–Trinajstić information content (AvgIpc) is 3.52. The number of anilines is 1. The van der Waals surface area contributed by atoms with Crippen molar-refractivity contribution in [1.29, 1.82) is 0 Å². The molecule has 0 saturated carbocycles. The molecule has 1 atom stereocenters. The molecule has 10 heteroatoms. The summed E-state index contributed by atoms with van der Waals surface area (Å²) in [6.07, 6.45) is 2.65. The van der Waals surface area contributed by atoms with Crippen LogP contribution in [0, 0.1) is 6.92 Å². The first kappa shape index (κ1) is 25.7. The summed E-state index contributed by atoms with van der Waals surface area (Å²) in [5, 5.41) is 2.90. The maximum Gasteiger partial charge on any atom is 0.250 e. The summed E-state index contributed by atoms with van der Waals surface area (Å²) in [5.41, 5.74) is 0.981. The molecule has 5 rings (SSSR count). The van der Waals surface area contributed by atoms with Crippen molar-refractivity contribution in [3.63, 3.8) is 0 Å². The third-order valence-electron chi connectivity index (χ3n) is 7.68. The number of ether oxygens (including phenoxy) is 1. The first-order valence-electron chi connectivity index (χ1n) is 12.9. The van der Waals surface area contributed by atoms with Crippen LogP contribution in [-0.2, 0) is 24.3 Å². The molecular formula is C27H34N4O5S. The van der Waals surface area contributed by atoms with Crippen LogP contribution in [0.1, 0.15) is 31.2 Å². The standard InChI is InChI=1S/C27H34N4O5S/c1-21-9-11-24(12-10-21)37(34,35)30-15-13-27(14-16-30)26(33)29(20-31(27)22-6-3-2-4-7-22)19-25(32)28-18-23-8-5-17-36-23/h2-4,6-7,9-12,23H,5,8,13-20H2,1H3,(H,28,32)/t23-/m0/s1. The van der Waals surface area contributed by atoms with Gasteiger partial charge in [0.1, 0.15) is 12.1 Å². The van der Waals surface area contributed by atoms with E-state index >= 15 is 0 Å². The highest BCUT2D eigenvalue weighted by Gasteiger charge is 2.55. The fourth-order valence-electron chi connectivity index (χ4n) is 5.54. The van der Waals surface area contributed by atoms with E-state index in [1.807, 2.05) is 42.2 Å². The Morgan fingerprint density at radius 3 is 2.43 bits per heavy atom. The number of aryl methyl sites for hydroxylation is 1. The minimum Gasteiger partial charge on any atom is -0.376 e. The predicted molar refractivity (Wildman–Crippen MR) is 139 cm³/mol. The Balaban J connectivity index is 1.32. The van der Waals surface area contributed by atoms with Crippen LogP contribution in [0.25, 0.3) is 0 Å². The fraction of sp³-hybridized carbons (Fsp3) is 0.481. The van der Waals surface area contributed by atoms with Gasteiger partial charge in [0.2, 0.25) is 21.8 Å². The molecule has 3 aliphatic heterocycles. The summed E-state index contributed by atoms with van der Waals surface area (Å²) in [6.45, 7) is 3.77. The second kappa shape index (κ2) is 10.4. The minimum absolute atomic E-state index is 0.0326. The molecule has 3 saturated heterocycles. The Morgan fingerprint density at radius 2 is 1.78 bits per heavy atom. The normalized spacial score (nSPS) is 22.1. The van der Waals surface area contributed by atoms with Crippen molar-refractivity contribution in [3.8, 4) is 0 Å². The van der Waals surface area contributed by atoms with E-state index in [9.17, 15) is 18.0 Å². The van der Waals surface area contributed by atoms with Gasteiger partial charge in [-0.25, -0.2) is 8.42 Å². The Morgan fingerprint density at radius 1 is 1.08 bits per heavy atom. The van der Waals surface area contributed by atoms with Crippen LogP contribution >= 0.6 is 0 Å². The zero-order valence-electron chi connectivity index (χ0n) is 21.1. The third kappa shape index (κ3) is 5.10. The van der Waals surface area contributed by atoms with E-state index in [0.717, 1.165) is 30.7 Å². The predicted octanol–water partition coefficient (Wildman–Crippen LogP) is 2.12. The Labute approximate surface area is 218 Å². The van der Waals surface area contributed by atoms with Crippen LogP contribution in [0.15, 0.2) is 59.5 Å². The van der Waals surface area contributed by atoms with Gasteiger partial charge in [-0.15, -0.1) is 0 Å². The van der Waals surface area contributed by atoms with Crippen molar-refractivity contribution in [2.24, 2.45) is 0 Å². The molecule has 3 aliphatic rings. The number of piperidine rings is 1. The van der Waals surface area contributed by atoms with Gasteiger partial charge in [-0.2, -0.15) is 4.31 Å². The van der Waals surface area contributed by atoms with E-state index in [2.05, 4.69) is 5.32 Å². The molecule has 1 spiro atoms. The smallest absolute Gasteiger partial charge is 0.250 e. The highest BCUT2D eigenvalue weighted by atomic mass is 32.2. The minimum atomic E-state index is -3.66. The van der Waals surface area contributed by atoms with Crippen molar-refractivity contribution < 1.29 is 22.7 Å². The van der Waals surface area contributed by atoms with Crippen LogP contribution in [0.2, 0.25) is 0 Å². The lowest BCUT2D eigenvalue weighted by molar-refractivity contribution is -0.137. The molecule has 2 aromatic carbocycles. The van der Waals surface area contributed by atoms with Gasteiger partial charge in [0, 0.05) is 31.9 Å². The van der Waals surface area contributed by atoms with Gasteiger partial charge in [0.05, 0.1) is 17.7 Å². The number of carbonyl (C=O) groups excluding carboxylic acids is 2. The largest absolute Gasteiger partial charge is 0.376 e. The van der Waals surface area contributed by atoms with E-state index in [0.29, 0.717) is 19.4 Å². The van der Waals surface area contributed by atoms with Crippen molar-refractivity contribution in [2.45, 2.75) is 49.1 Å². The number of amides is 2. The Bertz CT molecular complexity index is 1220. The van der Waals surface area contributed by atoms with Crippen molar-refractivity contribution >= 4 is 27.5 Å². The van der Waals surface area contributed by atoms with Gasteiger partial charge in [-0.05, 0) is 56.9 Å². The SMILES string of the molecule is Cc1ccc(S(=O)(=O)N2CCC3(CC2)C(=O)N(CC(=O)NC[C@@H]2CCCO2)CN3c2ccccc2)cc1. The molecule has 3 heterocycles. The second-order valence-corrected chi connectivity index (χ2v) is 12.0. The maximum absolute atomic E-state index is 13.8. The molecule has 0 unspecified atom stereocenters. The van der Waals surface area contributed by atoms with Crippen LogP contribution in [-0.4, -0.2) is 80.5 Å². The molecule has 0 radical (unpaired) electrons. The number of para-hydroxylation sites is 1. The van der Waals surface area contributed by atoms with E-state index < -0.39 is 15.6 Å². The summed E-state index contributed by atoms with van der Waals surface area (Å²) in [6, 6.07) is 16.5. The molecule has 2 amide bonds. The second-order valence-electron chi connectivity index (χ2n) is 10.1. The molecule has 2 aromatic rings. The molecule has 0 aromatic heterocycles. The van der Waals surface area contributed by atoms with Gasteiger partial charge < -0.3 is 19.9 Å². The molecule has 3 fully saturated rings. The number of sulfonamides is 1. The quantitative estimate of drug-likeness (QED) is 0.594. The zero-order chi connectivity index (χ0) is 26.0. The molecule has 0 aliphatic carbocycles. The van der Waals surface area contributed by atoms with E-state index in [4.69, 9.17) is 4.74 Å². The lowest BCUT2D eigenvalue weighted by atomic mass is 9.86. The maximum atomic E-state index is 13.8.